The average molecular weight is 271 g/mol. The number of methoxy groups -OCH3 is 1. The summed E-state index contributed by atoms with van der Waals surface area (Å²) >= 11 is 5.31. The Hall–Kier alpha value is -1.75. The molecule has 0 aliphatic rings. The second kappa shape index (κ2) is 7.55. The molecule has 0 aromatic heterocycles. The first-order valence-electron chi connectivity index (χ1n) is 5.42. The summed E-state index contributed by atoms with van der Waals surface area (Å²) < 4.78 is 5.02. The van der Waals surface area contributed by atoms with E-state index in [-0.39, 0.29) is 17.7 Å². The fraction of sp³-hybridized carbons (Fsp3) is 0.333. The van der Waals surface area contributed by atoms with Gasteiger partial charge >= 0.3 is 0 Å². The van der Waals surface area contributed by atoms with Gasteiger partial charge in [-0.3, -0.25) is 9.59 Å². The van der Waals surface area contributed by atoms with E-state index in [1.165, 1.54) is 0 Å². The third-order valence-corrected chi connectivity index (χ3v) is 2.43. The highest BCUT2D eigenvalue weighted by Crippen LogP contribution is 2.11. The minimum atomic E-state index is -0.257. The lowest BCUT2D eigenvalue weighted by molar-refractivity contribution is -0.118. The molecule has 0 saturated carbocycles. The summed E-state index contributed by atoms with van der Waals surface area (Å²) in [5, 5.41) is 5.23. The number of hydrogen-bond acceptors (Lipinski definition) is 3. The number of halogens is 1. The van der Waals surface area contributed by atoms with Crippen LogP contribution in [-0.2, 0) is 4.79 Å². The molecule has 0 spiro atoms. The zero-order valence-electron chi connectivity index (χ0n) is 10.0. The smallest absolute Gasteiger partial charge is 0.251 e. The lowest BCUT2D eigenvalue weighted by Crippen LogP contribution is -2.35. The van der Waals surface area contributed by atoms with Gasteiger partial charge in [0.2, 0.25) is 5.91 Å². The van der Waals surface area contributed by atoms with Crippen LogP contribution in [0.3, 0.4) is 0 Å². The molecule has 0 aliphatic heterocycles. The number of carbonyl (C=O) groups excluding carboxylic acids is 2. The summed E-state index contributed by atoms with van der Waals surface area (Å²) in [6, 6.07) is 6.84. The van der Waals surface area contributed by atoms with Crippen molar-refractivity contribution >= 4 is 23.4 Å². The van der Waals surface area contributed by atoms with Crippen molar-refractivity contribution in [3.63, 3.8) is 0 Å². The summed E-state index contributed by atoms with van der Waals surface area (Å²) in [5.74, 6) is 0.0727. The summed E-state index contributed by atoms with van der Waals surface area (Å²) in [6.45, 7) is 0.694. The number of ether oxygens (including phenoxy) is 1. The molecule has 2 N–H and O–H groups in total. The van der Waals surface area contributed by atoms with Gasteiger partial charge in [-0.1, -0.05) is 6.07 Å². The van der Waals surface area contributed by atoms with Gasteiger partial charge in [-0.15, -0.1) is 11.6 Å². The SMILES string of the molecule is COc1cccc(C(=O)NCCNC(=O)CCl)c1. The largest absolute Gasteiger partial charge is 0.497 e. The van der Waals surface area contributed by atoms with Crippen molar-refractivity contribution in [2.45, 2.75) is 0 Å². The van der Waals surface area contributed by atoms with Gasteiger partial charge in [0.15, 0.2) is 0 Å². The van der Waals surface area contributed by atoms with Crippen molar-refractivity contribution < 1.29 is 14.3 Å². The maximum Gasteiger partial charge on any atom is 0.251 e. The van der Waals surface area contributed by atoms with Crippen LogP contribution < -0.4 is 15.4 Å². The van der Waals surface area contributed by atoms with E-state index in [1.54, 1.807) is 31.4 Å². The second-order valence-corrected chi connectivity index (χ2v) is 3.74. The second-order valence-electron chi connectivity index (χ2n) is 3.47. The lowest BCUT2D eigenvalue weighted by atomic mass is 10.2. The van der Waals surface area contributed by atoms with Crippen LogP contribution in [0.5, 0.6) is 5.75 Å². The van der Waals surface area contributed by atoms with Gasteiger partial charge in [-0.25, -0.2) is 0 Å². The number of carbonyl (C=O) groups is 2. The summed E-state index contributed by atoms with van der Waals surface area (Å²) in [6.07, 6.45) is 0. The van der Waals surface area contributed by atoms with E-state index in [0.717, 1.165) is 0 Å². The van der Waals surface area contributed by atoms with Gasteiger partial charge in [-0.2, -0.15) is 0 Å². The number of nitrogens with one attached hydrogen (secondary N) is 2. The van der Waals surface area contributed by atoms with Crippen LogP contribution in [0.2, 0.25) is 0 Å². The zero-order valence-corrected chi connectivity index (χ0v) is 10.8. The Morgan fingerprint density at radius 1 is 1.28 bits per heavy atom. The van der Waals surface area contributed by atoms with Crippen molar-refractivity contribution in [1.82, 2.24) is 10.6 Å². The Bertz CT molecular complexity index is 424. The Kier molecular flexibility index (Phi) is 6.00. The highest BCUT2D eigenvalue weighted by molar-refractivity contribution is 6.27. The normalized spacial score (nSPS) is 9.67. The van der Waals surface area contributed by atoms with Gasteiger partial charge < -0.3 is 15.4 Å². The predicted molar refractivity (Wildman–Crippen MR) is 69.1 cm³/mol. The summed E-state index contributed by atoms with van der Waals surface area (Å²) in [4.78, 5) is 22.6. The molecule has 0 bridgehead atoms. The zero-order chi connectivity index (χ0) is 13.4. The molecule has 98 valence electrons. The van der Waals surface area contributed by atoms with Crippen LogP contribution in [-0.4, -0.2) is 37.9 Å². The molecule has 0 heterocycles. The summed E-state index contributed by atoms with van der Waals surface area (Å²) in [5.41, 5.74) is 0.512. The Balaban J connectivity index is 2.38. The highest BCUT2D eigenvalue weighted by atomic mass is 35.5. The van der Waals surface area contributed by atoms with Crippen molar-refractivity contribution in [1.29, 1.82) is 0 Å². The topological polar surface area (TPSA) is 67.4 Å². The molecule has 1 rings (SSSR count). The molecule has 0 saturated heterocycles. The quantitative estimate of drug-likeness (QED) is 0.593. The standard InChI is InChI=1S/C12H15ClN2O3/c1-18-10-4-2-3-9(7-10)12(17)15-6-5-14-11(16)8-13/h2-4,7H,5-6,8H2,1H3,(H,14,16)(H,15,17). The third-order valence-electron chi connectivity index (χ3n) is 2.19. The van der Waals surface area contributed by atoms with Crippen molar-refractivity contribution in [3.05, 3.63) is 29.8 Å². The van der Waals surface area contributed by atoms with Crippen LogP contribution >= 0.6 is 11.6 Å². The van der Waals surface area contributed by atoms with E-state index < -0.39 is 0 Å². The fourth-order valence-electron chi connectivity index (χ4n) is 1.29. The number of alkyl halides is 1. The average Bonchev–Trinajstić information content (AvgIpc) is 2.43. The Morgan fingerprint density at radius 3 is 2.67 bits per heavy atom. The molecule has 0 fully saturated rings. The molecule has 2 amide bonds. The minimum Gasteiger partial charge on any atom is -0.497 e. The first-order chi connectivity index (χ1) is 8.67. The van der Waals surface area contributed by atoms with E-state index in [9.17, 15) is 9.59 Å². The number of rotatable bonds is 6. The molecule has 0 atom stereocenters. The van der Waals surface area contributed by atoms with Gasteiger partial charge in [0.1, 0.15) is 11.6 Å². The maximum absolute atomic E-state index is 11.7. The van der Waals surface area contributed by atoms with Gasteiger partial charge in [0.25, 0.3) is 5.91 Å². The molecule has 1 aromatic carbocycles. The fourth-order valence-corrected chi connectivity index (χ4v) is 1.39. The van der Waals surface area contributed by atoms with E-state index in [2.05, 4.69) is 10.6 Å². The molecular weight excluding hydrogens is 256 g/mol. The molecule has 18 heavy (non-hydrogen) atoms. The van der Waals surface area contributed by atoms with E-state index >= 15 is 0 Å². The van der Waals surface area contributed by atoms with E-state index in [1.807, 2.05) is 0 Å². The van der Waals surface area contributed by atoms with Gasteiger partial charge in [0.05, 0.1) is 7.11 Å². The first kappa shape index (κ1) is 14.3. The summed E-state index contributed by atoms with van der Waals surface area (Å²) in [7, 11) is 1.54. The lowest BCUT2D eigenvalue weighted by Gasteiger charge is -2.07. The number of hydrogen-bond donors (Lipinski definition) is 2. The van der Waals surface area contributed by atoms with E-state index in [4.69, 9.17) is 16.3 Å². The predicted octanol–water partition coefficient (Wildman–Crippen LogP) is 0.780. The molecule has 0 aliphatic carbocycles. The Morgan fingerprint density at radius 2 is 2.00 bits per heavy atom. The van der Waals surface area contributed by atoms with Crippen LogP contribution in [0.4, 0.5) is 0 Å². The van der Waals surface area contributed by atoms with Crippen LogP contribution in [0, 0.1) is 0 Å². The van der Waals surface area contributed by atoms with Crippen LogP contribution in [0.25, 0.3) is 0 Å². The van der Waals surface area contributed by atoms with Gasteiger partial charge in [-0.05, 0) is 18.2 Å². The molecule has 1 aromatic rings. The number of benzene rings is 1. The first-order valence-corrected chi connectivity index (χ1v) is 5.95. The van der Waals surface area contributed by atoms with Crippen molar-refractivity contribution in [2.75, 3.05) is 26.1 Å². The van der Waals surface area contributed by atoms with Crippen LogP contribution in [0.1, 0.15) is 10.4 Å². The molecule has 0 radical (unpaired) electrons. The van der Waals surface area contributed by atoms with Gasteiger partial charge in [0, 0.05) is 18.7 Å². The monoisotopic (exact) mass is 270 g/mol. The van der Waals surface area contributed by atoms with E-state index in [0.29, 0.717) is 24.4 Å². The van der Waals surface area contributed by atoms with Crippen molar-refractivity contribution in [2.24, 2.45) is 0 Å². The molecule has 6 heteroatoms. The number of amides is 2. The Labute approximate surface area is 110 Å². The molecule has 0 unspecified atom stereocenters. The third kappa shape index (κ3) is 4.63. The van der Waals surface area contributed by atoms with Crippen molar-refractivity contribution in [3.8, 4) is 5.75 Å². The van der Waals surface area contributed by atoms with Crippen LogP contribution in [0.15, 0.2) is 24.3 Å². The maximum atomic E-state index is 11.7. The molecule has 5 nitrogen and oxygen atoms in total. The minimum absolute atomic E-state index is 0.0795. The molecular formula is C12H15ClN2O3. The highest BCUT2D eigenvalue weighted by Gasteiger charge is 2.05.